The smallest absolute Gasteiger partial charge is 0.119 e. The molecule has 0 atom stereocenters. The molecule has 0 heterocycles. The van der Waals surface area contributed by atoms with Crippen LogP contribution >= 0.6 is 0 Å². The average Bonchev–Trinajstić information content (AvgIpc) is 2.84. The second-order valence-electron chi connectivity index (χ2n) is 6.41. The second-order valence-corrected chi connectivity index (χ2v) is 6.41. The molecule has 0 saturated heterocycles. The number of hydrogen-bond donors (Lipinski definition) is 1. The Balaban J connectivity index is 1.84. The molecule has 2 nitrogen and oxygen atoms in total. The molecule has 0 unspecified atom stereocenters. The standard InChI is InChI=1S/C17H27NO/c1-4-10-18-12-17(2,3)13-19-16-9-8-14-6-5-7-15(14)11-16/h8-9,11,18H,4-7,10,12-13H2,1-3H3. The molecule has 1 aliphatic rings. The normalized spacial score (nSPS) is 14.5. The summed E-state index contributed by atoms with van der Waals surface area (Å²) in [5.41, 5.74) is 3.17. The van der Waals surface area contributed by atoms with Gasteiger partial charge in [0.2, 0.25) is 0 Å². The van der Waals surface area contributed by atoms with Gasteiger partial charge < -0.3 is 10.1 Å². The van der Waals surface area contributed by atoms with Gasteiger partial charge in [0.1, 0.15) is 5.75 Å². The van der Waals surface area contributed by atoms with Gasteiger partial charge in [0.25, 0.3) is 0 Å². The molecule has 1 aliphatic carbocycles. The Hall–Kier alpha value is -1.02. The maximum Gasteiger partial charge on any atom is 0.119 e. The van der Waals surface area contributed by atoms with Gasteiger partial charge in [-0.25, -0.2) is 0 Å². The Bertz CT molecular complexity index is 412. The van der Waals surface area contributed by atoms with Crippen molar-refractivity contribution in [3.63, 3.8) is 0 Å². The van der Waals surface area contributed by atoms with Crippen LogP contribution in [-0.2, 0) is 12.8 Å². The van der Waals surface area contributed by atoms with Crippen LogP contribution in [0.15, 0.2) is 18.2 Å². The lowest BCUT2D eigenvalue weighted by atomic mass is 9.95. The average molecular weight is 261 g/mol. The molecule has 0 aromatic heterocycles. The monoisotopic (exact) mass is 261 g/mol. The van der Waals surface area contributed by atoms with Crippen molar-refractivity contribution in [3.8, 4) is 5.75 Å². The minimum absolute atomic E-state index is 0.175. The van der Waals surface area contributed by atoms with E-state index in [-0.39, 0.29) is 5.41 Å². The Morgan fingerprint density at radius 2 is 2.00 bits per heavy atom. The van der Waals surface area contributed by atoms with Gasteiger partial charge in [-0.3, -0.25) is 0 Å². The summed E-state index contributed by atoms with van der Waals surface area (Å²) >= 11 is 0. The Morgan fingerprint density at radius 1 is 1.21 bits per heavy atom. The molecule has 1 aromatic carbocycles. The lowest BCUT2D eigenvalue weighted by molar-refractivity contribution is 0.176. The zero-order valence-corrected chi connectivity index (χ0v) is 12.6. The van der Waals surface area contributed by atoms with Gasteiger partial charge in [-0.05, 0) is 55.5 Å². The molecule has 19 heavy (non-hydrogen) atoms. The van der Waals surface area contributed by atoms with E-state index >= 15 is 0 Å². The van der Waals surface area contributed by atoms with E-state index in [0.717, 1.165) is 25.4 Å². The quantitative estimate of drug-likeness (QED) is 0.758. The molecular formula is C17H27NO. The van der Waals surface area contributed by atoms with Crippen LogP contribution in [0.5, 0.6) is 5.75 Å². The van der Waals surface area contributed by atoms with Gasteiger partial charge >= 0.3 is 0 Å². The number of hydrogen-bond acceptors (Lipinski definition) is 2. The molecular weight excluding hydrogens is 234 g/mol. The first-order valence-electron chi connectivity index (χ1n) is 7.56. The van der Waals surface area contributed by atoms with Crippen LogP contribution in [0.3, 0.4) is 0 Å². The fourth-order valence-electron chi connectivity index (χ4n) is 2.57. The van der Waals surface area contributed by atoms with E-state index < -0.39 is 0 Å². The van der Waals surface area contributed by atoms with Crippen molar-refractivity contribution in [2.75, 3.05) is 19.7 Å². The Morgan fingerprint density at radius 3 is 2.79 bits per heavy atom. The van der Waals surface area contributed by atoms with Crippen molar-refractivity contribution < 1.29 is 4.74 Å². The fourth-order valence-corrected chi connectivity index (χ4v) is 2.57. The summed E-state index contributed by atoms with van der Waals surface area (Å²) < 4.78 is 5.99. The maximum atomic E-state index is 5.99. The summed E-state index contributed by atoms with van der Waals surface area (Å²) in [7, 11) is 0. The van der Waals surface area contributed by atoms with Crippen LogP contribution < -0.4 is 10.1 Å². The first-order valence-corrected chi connectivity index (χ1v) is 7.56. The zero-order chi connectivity index (χ0) is 13.7. The Labute approximate surface area is 117 Å². The third-order valence-corrected chi connectivity index (χ3v) is 3.73. The lowest BCUT2D eigenvalue weighted by Crippen LogP contribution is -2.34. The molecule has 0 amide bonds. The zero-order valence-electron chi connectivity index (χ0n) is 12.6. The lowest BCUT2D eigenvalue weighted by Gasteiger charge is -2.25. The van der Waals surface area contributed by atoms with Gasteiger partial charge in [0, 0.05) is 12.0 Å². The number of fused-ring (bicyclic) bond motifs is 1. The summed E-state index contributed by atoms with van der Waals surface area (Å²) in [6, 6.07) is 6.59. The van der Waals surface area contributed by atoms with Crippen molar-refractivity contribution in [1.29, 1.82) is 0 Å². The largest absolute Gasteiger partial charge is 0.493 e. The van der Waals surface area contributed by atoms with Crippen LogP contribution in [0.2, 0.25) is 0 Å². The summed E-state index contributed by atoms with van der Waals surface area (Å²) in [6.07, 6.45) is 4.93. The predicted molar refractivity (Wildman–Crippen MR) is 80.9 cm³/mol. The van der Waals surface area contributed by atoms with Gasteiger partial charge in [0.15, 0.2) is 0 Å². The molecule has 2 heteroatoms. The summed E-state index contributed by atoms with van der Waals surface area (Å²) in [4.78, 5) is 0. The summed E-state index contributed by atoms with van der Waals surface area (Å²) in [6.45, 7) is 9.56. The van der Waals surface area contributed by atoms with Crippen LogP contribution in [0.25, 0.3) is 0 Å². The molecule has 0 fully saturated rings. The molecule has 0 saturated carbocycles. The minimum atomic E-state index is 0.175. The van der Waals surface area contributed by atoms with Crippen LogP contribution in [-0.4, -0.2) is 19.7 Å². The molecule has 0 spiro atoms. The molecule has 0 radical (unpaired) electrons. The van der Waals surface area contributed by atoms with E-state index in [1.807, 2.05) is 0 Å². The highest BCUT2D eigenvalue weighted by atomic mass is 16.5. The number of rotatable bonds is 7. The van der Waals surface area contributed by atoms with Gasteiger partial charge in [-0.2, -0.15) is 0 Å². The molecule has 0 bridgehead atoms. The van der Waals surface area contributed by atoms with Crippen molar-refractivity contribution >= 4 is 0 Å². The molecule has 0 aliphatic heterocycles. The number of nitrogens with one attached hydrogen (secondary N) is 1. The molecule has 106 valence electrons. The van der Waals surface area contributed by atoms with Crippen molar-refractivity contribution in [2.45, 2.75) is 46.5 Å². The van der Waals surface area contributed by atoms with Gasteiger partial charge in [-0.1, -0.05) is 26.8 Å². The number of ether oxygens (including phenoxy) is 1. The summed E-state index contributed by atoms with van der Waals surface area (Å²) in [5, 5.41) is 3.47. The van der Waals surface area contributed by atoms with E-state index in [9.17, 15) is 0 Å². The van der Waals surface area contributed by atoms with Crippen LogP contribution in [0, 0.1) is 5.41 Å². The minimum Gasteiger partial charge on any atom is -0.493 e. The van der Waals surface area contributed by atoms with Crippen molar-refractivity contribution in [1.82, 2.24) is 5.32 Å². The third-order valence-electron chi connectivity index (χ3n) is 3.73. The first kappa shape index (κ1) is 14.4. The summed E-state index contributed by atoms with van der Waals surface area (Å²) in [5.74, 6) is 1.03. The second kappa shape index (κ2) is 6.42. The van der Waals surface area contributed by atoms with E-state index in [1.54, 1.807) is 0 Å². The maximum absolute atomic E-state index is 5.99. The Kier molecular flexibility index (Phi) is 4.87. The highest BCUT2D eigenvalue weighted by Gasteiger charge is 2.19. The highest BCUT2D eigenvalue weighted by molar-refractivity contribution is 5.38. The number of aryl methyl sites for hydroxylation is 2. The topological polar surface area (TPSA) is 21.3 Å². The van der Waals surface area contributed by atoms with Crippen molar-refractivity contribution in [3.05, 3.63) is 29.3 Å². The van der Waals surface area contributed by atoms with Crippen LogP contribution in [0.4, 0.5) is 0 Å². The predicted octanol–water partition coefficient (Wildman–Crippen LogP) is 3.58. The van der Waals surface area contributed by atoms with Crippen molar-refractivity contribution in [2.24, 2.45) is 5.41 Å². The number of benzene rings is 1. The van der Waals surface area contributed by atoms with E-state index in [4.69, 9.17) is 4.74 Å². The van der Waals surface area contributed by atoms with Gasteiger partial charge in [-0.15, -0.1) is 0 Å². The van der Waals surface area contributed by atoms with Crippen LogP contribution in [0.1, 0.15) is 44.7 Å². The fraction of sp³-hybridized carbons (Fsp3) is 0.647. The van der Waals surface area contributed by atoms with E-state index in [0.29, 0.717) is 0 Å². The van der Waals surface area contributed by atoms with E-state index in [1.165, 1.54) is 36.8 Å². The molecule has 1 N–H and O–H groups in total. The molecule has 2 rings (SSSR count). The highest BCUT2D eigenvalue weighted by Crippen LogP contribution is 2.27. The SMILES string of the molecule is CCCNCC(C)(C)COc1ccc2c(c1)CCC2. The van der Waals surface area contributed by atoms with E-state index in [2.05, 4.69) is 44.3 Å². The molecule has 1 aromatic rings. The van der Waals surface area contributed by atoms with Gasteiger partial charge in [0.05, 0.1) is 6.61 Å². The first-order chi connectivity index (χ1) is 9.11. The third kappa shape index (κ3) is 4.24.